The first-order chi connectivity index (χ1) is 13.6. The zero-order valence-corrected chi connectivity index (χ0v) is 15.6. The zero-order chi connectivity index (χ0) is 19.5. The first-order valence-electron chi connectivity index (χ1n) is 9.53. The van der Waals surface area contributed by atoms with Gasteiger partial charge in [-0.15, -0.1) is 0 Å². The van der Waals surface area contributed by atoms with Crippen LogP contribution in [0.3, 0.4) is 0 Å². The van der Waals surface area contributed by atoms with Gasteiger partial charge in [0.2, 0.25) is 5.91 Å². The van der Waals surface area contributed by atoms with Gasteiger partial charge >= 0.3 is 0 Å². The van der Waals surface area contributed by atoms with Gasteiger partial charge in [-0.25, -0.2) is 4.39 Å². The van der Waals surface area contributed by atoms with E-state index in [1.54, 1.807) is 18.2 Å². The molecule has 2 aliphatic heterocycles. The van der Waals surface area contributed by atoms with Crippen molar-refractivity contribution in [1.82, 2.24) is 4.90 Å². The SMILES string of the molecule is O=C1Cc2cc(OCC(O)CN3CCN(c4ccc(F)cc4)CC3)ccc2N1. The Balaban J connectivity index is 1.22. The molecular weight excluding hydrogens is 361 g/mol. The third-order valence-electron chi connectivity index (χ3n) is 5.18. The van der Waals surface area contributed by atoms with Crippen molar-refractivity contribution < 1.29 is 19.0 Å². The van der Waals surface area contributed by atoms with Crippen molar-refractivity contribution in [2.45, 2.75) is 12.5 Å². The van der Waals surface area contributed by atoms with Gasteiger partial charge in [-0.05, 0) is 48.0 Å². The van der Waals surface area contributed by atoms with Crippen LogP contribution in [0.15, 0.2) is 42.5 Å². The van der Waals surface area contributed by atoms with Gasteiger partial charge < -0.3 is 20.1 Å². The number of piperazine rings is 1. The number of hydrogen-bond donors (Lipinski definition) is 2. The molecular formula is C21H24FN3O3. The fourth-order valence-electron chi connectivity index (χ4n) is 3.68. The van der Waals surface area contributed by atoms with E-state index in [1.165, 1.54) is 12.1 Å². The molecule has 1 saturated heterocycles. The molecule has 7 heteroatoms. The highest BCUT2D eigenvalue weighted by atomic mass is 19.1. The zero-order valence-electron chi connectivity index (χ0n) is 15.6. The summed E-state index contributed by atoms with van der Waals surface area (Å²) in [6.45, 7) is 4.10. The number of carbonyl (C=O) groups is 1. The molecule has 1 fully saturated rings. The van der Waals surface area contributed by atoms with E-state index in [9.17, 15) is 14.3 Å². The van der Waals surface area contributed by atoms with Crippen molar-refractivity contribution >= 4 is 17.3 Å². The number of rotatable bonds is 6. The van der Waals surface area contributed by atoms with Gasteiger partial charge in [-0.1, -0.05) is 0 Å². The Labute approximate surface area is 163 Å². The average Bonchev–Trinajstić information content (AvgIpc) is 3.07. The van der Waals surface area contributed by atoms with Crippen LogP contribution >= 0.6 is 0 Å². The molecule has 2 aromatic rings. The summed E-state index contributed by atoms with van der Waals surface area (Å²) < 4.78 is 18.8. The molecule has 4 rings (SSSR count). The quantitative estimate of drug-likeness (QED) is 0.795. The number of aliphatic hydroxyl groups is 1. The molecule has 6 nitrogen and oxygen atoms in total. The lowest BCUT2D eigenvalue weighted by Gasteiger charge is -2.36. The van der Waals surface area contributed by atoms with Gasteiger partial charge in [0.15, 0.2) is 0 Å². The second-order valence-electron chi connectivity index (χ2n) is 7.27. The maximum Gasteiger partial charge on any atom is 0.228 e. The number of fused-ring (bicyclic) bond motifs is 1. The Morgan fingerprint density at radius 1 is 1.11 bits per heavy atom. The normalized spacial score (nSPS) is 17.9. The minimum Gasteiger partial charge on any atom is -0.491 e. The van der Waals surface area contributed by atoms with E-state index >= 15 is 0 Å². The van der Waals surface area contributed by atoms with Crippen LogP contribution in [0.2, 0.25) is 0 Å². The van der Waals surface area contributed by atoms with Crippen LogP contribution < -0.4 is 15.0 Å². The number of ether oxygens (including phenoxy) is 1. The summed E-state index contributed by atoms with van der Waals surface area (Å²) in [5, 5.41) is 13.1. The Bertz CT molecular complexity index is 835. The van der Waals surface area contributed by atoms with Crippen LogP contribution in [0.4, 0.5) is 15.8 Å². The third-order valence-corrected chi connectivity index (χ3v) is 5.18. The van der Waals surface area contributed by atoms with E-state index in [4.69, 9.17) is 4.74 Å². The molecule has 2 aromatic carbocycles. The van der Waals surface area contributed by atoms with Crippen LogP contribution in [-0.2, 0) is 11.2 Å². The Morgan fingerprint density at radius 3 is 2.61 bits per heavy atom. The van der Waals surface area contributed by atoms with E-state index in [1.807, 2.05) is 12.1 Å². The fourth-order valence-corrected chi connectivity index (χ4v) is 3.68. The second-order valence-corrected chi connectivity index (χ2v) is 7.27. The molecule has 148 valence electrons. The van der Waals surface area contributed by atoms with Gasteiger partial charge in [0.25, 0.3) is 0 Å². The summed E-state index contributed by atoms with van der Waals surface area (Å²) >= 11 is 0. The Morgan fingerprint density at radius 2 is 1.86 bits per heavy atom. The van der Waals surface area contributed by atoms with Gasteiger partial charge in [0.1, 0.15) is 24.3 Å². The Kier molecular flexibility index (Phi) is 5.45. The number of amides is 1. The van der Waals surface area contributed by atoms with Crippen molar-refractivity contribution in [1.29, 1.82) is 0 Å². The largest absolute Gasteiger partial charge is 0.491 e. The number of nitrogens with one attached hydrogen (secondary N) is 1. The van der Waals surface area contributed by atoms with Crippen molar-refractivity contribution in [2.75, 3.05) is 49.5 Å². The number of benzene rings is 2. The highest BCUT2D eigenvalue weighted by Gasteiger charge is 2.21. The lowest BCUT2D eigenvalue weighted by Crippen LogP contribution is -2.49. The van der Waals surface area contributed by atoms with Crippen molar-refractivity contribution in [3.63, 3.8) is 0 Å². The molecule has 0 aliphatic carbocycles. The maximum absolute atomic E-state index is 13.1. The highest BCUT2D eigenvalue weighted by molar-refractivity contribution is 5.99. The number of hydrogen-bond acceptors (Lipinski definition) is 5. The summed E-state index contributed by atoms with van der Waals surface area (Å²) in [7, 11) is 0. The first kappa shape index (κ1) is 18.7. The van der Waals surface area contributed by atoms with Crippen LogP contribution in [0.5, 0.6) is 5.75 Å². The predicted octanol–water partition coefficient (Wildman–Crippen LogP) is 1.88. The van der Waals surface area contributed by atoms with Crippen molar-refractivity contribution in [3.8, 4) is 5.75 Å². The van der Waals surface area contributed by atoms with Crippen LogP contribution in [0.1, 0.15) is 5.56 Å². The fraction of sp³-hybridized carbons (Fsp3) is 0.381. The summed E-state index contributed by atoms with van der Waals surface area (Å²) in [5.74, 6) is 0.430. The van der Waals surface area contributed by atoms with E-state index in [2.05, 4.69) is 15.1 Å². The van der Waals surface area contributed by atoms with E-state index in [0.717, 1.165) is 43.1 Å². The molecule has 0 bridgehead atoms. The first-order valence-corrected chi connectivity index (χ1v) is 9.53. The predicted molar refractivity (Wildman–Crippen MR) is 105 cm³/mol. The van der Waals surface area contributed by atoms with Crippen LogP contribution in [0, 0.1) is 5.82 Å². The number of anilines is 2. The topological polar surface area (TPSA) is 65.0 Å². The molecule has 28 heavy (non-hydrogen) atoms. The lowest BCUT2D eigenvalue weighted by atomic mass is 10.1. The third kappa shape index (κ3) is 4.43. The van der Waals surface area contributed by atoms with Gasteiger partial charge in [-0.2, -0.15) is 0 Å². The summed E-state index contributed by atoms with van der Waals surface area (Å²) in [6, 6.07) is 12.0. The molecule has 1 atom stereocenters. The van der Waals surface area contributed by atoms with Crippen LogP contribution in [-0.4, -0.2) is 61.3 Å². The van der Waals surface area contributed by atoms with E-state index in [0.29, 0.717) is 18.7 Å². The number of aliphatic hydroxyl groups excluding tert-OH is 1. The minimum atomic E-state index is -0.592. The molecule has 0 saturated carbocycles. The molecule has 0 spiro atoms. The van der Waals surface area contributed by atoms with E-state index in [-0.39, 0.29) is 18.3 Å². The van der Waals surface area contributed by atoms with E-state index < -0.39 is 6.10 Å². The number of carbonyl (C=O) groups excluding carboxylic acids is 1. The summed E-state index contributed by atoms with van der Waals surface area (Å²) in [5.41, 5.74) is 2.78. The highest BCUT2D eigenvalue weighted by Crippen LogP contribution is 2.27. The summed E-state index contributed by atoms with van der Waals surface area (Å²) in [6.07, 6.45) is -0.224. The number of halogens is 1. The smallest absolute Gasteiger partial charge is 0.228 e. The van der Waals surface area contributed by atoms with Gasteiger partial charge in [0, 0.05) is 44.1 Å². The standard InChI is InChI=1S/C21H24FN3O3/c22-16-1-3-17(4-2-16)25-9-7-24(8-10-25)13-18(26)14-28-19-5-6-20-15(11-19)12-21(27)23-20/h1-6,11,18,26H,7-10,12-14H2,(H,23,27). The molecule has 2 aliphatic rings. The molecule has 2 N–H and O–H groups in total. The van der Waals surface area contributed by atoms with Crippen molar-refractivity contribution in [3.05, 3.63) is 53.8 Å². The number of β-amino-alcohol motifs (C(OH)–C–C–N with tert-alkyl or cyclic N) is 1. The van der Waals surface area contributed by atoms with Crippen LogP contribution in [0.25, 0.3) is 0 Å². The summed E-state index contributed by atoms with van der Waals surface area (Å²) in [4.78, 5) is 15.8. The average molecular weight is 385 g/mol. The molecule has 0 aromatic heterocycles. The molecule has 1 amide bonds. The lowest BCUT2D eigenvalue weighted by molar-refractivity contribution is -0.115. The minimum absolute atomic E-state index is 0.00744. The monoisotopic (exact) mass is 385 g/mol. The second kappa shape index (κ2) is 8.16. The van der Waals surface area contributed by atoms with Gasteiger partial charge in [-0.3, -0.25) is 9.69 Å². The maximum atomic E-state index is 13.1. The number of nitrogens with zero attached hydrogens (tertiary/aromatic N) is 2. The molecule has 0 radical (unpaired) electrons. The molecule has 2 heterocycles. The Hall–Kier alpha value is -2.64. The van der Waals surface area contributed by atoms with Crippen molar-refractivity contribution in [2.24, 2.45) is 0 Å². The van der Waals surface area contributed by atoms with Gasteiger partial charge in [0.05, 0.1) is 6.42 Å². The molecule has 1 unspecified atom stereocenters.